The van der Waals surface area contributed by atoms with Gasteiger partial charge in [0.15, 0.2) is 11.9 Å². The van der Waals surface area contributed by atoms with Gasteiger partial charge in [-0.25, -0.2) is 4.57 Å². The largest absolute Gasteiger partial charge is 0.473 e. The van der Waals surface area contributed by atoms with Crippen LogP contribution >= 0.6 is 7.82 Å². The molecule has 0 bridgehead atoms. The lowest BCUT2D eigenvalue weighted by molar-refractivity contribution is -0.872. The number of carbonyl (C=O) groups excluding carboxylic acids is 1. The monoisotopic (exact) mass is 440 g/mol. The number of phosphoric ester groups is 1. The topological polar surface area (TPSA) is 113 Å². The number of hydrogen-bond donors (Lipinski definition) is 3. The van der Waals surface area contributed by atoms with Gasteiger partial charge in [-0.3, -0.25) is 13.8 Å². The number of Topliss-reactive ketones (excluding diaryl/α,β-unsaturated/α-hetero) is 1. The van der Waals surface area contributed by atoms with E-state index in [1.807, 2.05) is 21.1 Å². The molecule has 0 aliphatic heterocycles. The Balaban J connectivity index is 4.42. The van der Waals surface area contributed by atoms with Crippen LogP contribution in [0.25, 0.3) is 0 Å². The lowest BCUT2D eigenvalue weighted by atomic mass is 10.0. The van der Waals surface area contributed by atoms with Crippen LogP contribution in [-0.4, -0.2) is 78.5 Å². The summed E-state index contributed by atoms with van der Waals surface area (Å²) in [5, 5.41) is 18.0. The molecule has 0 aliphatic rings. The molecule has 174 valence electrons. The zero-order valence-electron chi connectivity index (χ0n) is 18.7. The lowest BCUT2D eigenvalue weighted by Gasteiger charge is -2.29. The van der Waals surface area contributed by atoms with Crippen molar-refractivity contribution in [2.24, 2.45) is 0 Å². The third kappa shape index (κ3) is 17.1. The molecule has 3 N–H and O–H groups in total. The lowest BCUT2D eigenvalue weighted by Crippen LogP contribution is -2.45. The van der Waals surface area contributed by atoms with Crippen molar-refractivity contribution in [1.82, 2.24) is 0 Å². The molecule has 8 nitrogen and oxygen atoms in total. The summed E-state index contributed by atoms with van der Waals surface area (Å²) < 4.78 is 22.3. The summed E-state index contributed by atoms with van der Waals surface area (Å²) in [6, 6.07) is 0. The van der Waals surface area contributed by atoms with Crippen LogP contribution in [0.3, 0.4) is 0 Å². The quantitative estimate of drug-likeness (QED) is 0.161. The normalized spacial score (nSPS) is 16.4. The summed E-state index contributed by atoms with van der Waals surface area (Å²) in [4.78, 5) is 22.5. The van der Waals surface area contributed by atoms with Crippen LogP contribution in [-0.2, 0) is 18.4 Å². The van der Waals surface area contributed by atoms with E-state index in [-0.39, 0.29) is 12.3 Å². The fourth-order valence-corrected chi connectivity index (χ4v) is 3.81. The Hall–Kier alpha value is -0.340. The zero-order valence-corrected chi connectivity index (χ0v) is 19.6. The average molecular weight is 441 g/mol. The maximum absolute atomic E-state index is 12.6. The fraction of sp³-hybridized carbons (Fsp3) is 0.950. The van der Waals surface area contributed by atoms with E-state index in [9.17, 15) is 19.4 Å². The third-order valence-electron chi connectivity index (χ3n) is 4.50. The predicted molar refractivity (Wildman–Crippen MR) is 113 cm³/mol. The van der Waals surface area contributed by atoms with E-state index in [2.05, 4.69) is 6.92 Å². The van der Waals surface area contributed by atoms with Gasteiger partial charge in [0.25, 0.3) is 0 Å². The third-order valence-corrected chi connectivity index (χ3v) is 5.50. The van der Waals surface area contributed by atoms with E-state index in [0.717, 1.165) is 19.3 Å². The maximum Gasteiger partial charge on any atom is 0.473 e. The van der Waals surface area contributed by atoms with Crippen LogP contribution in [0.4, 0.5) is 0 Å². The van der Waals surface area contributed by atoms with Gasteiger partial charge >= 0.3 is 7.82 Å². The first kappa shape index (κ1) is 28.7. The van der Waals surface area contributed by atoms with E-state index in [0.29, 0.717) is 10.9 Å². The standard InChI is InChI=1S/C20H42NO7P/c1-5-6-7-8-9-10-11-12-13-14-19(24)20(15-21(2,3)4)28-29(25,26)27-17-18(23)16-22/h18,20,22-23H,5-17H2,1-4H3/p+1. The van der Waals surface area contributed by atoms with Crippen molar-refractivity contribution in [3.63, 3.8) is 0 Å². The number of nitrogens with zero attached hydrogens (tertiary/aromatic N) is 1. The number of rotatable bonds is 19. The Morgan fingerprint density at radius 1 is 1.00 bits per heavy atom. The summed E-state index contributed by atoms with van der Waals surface area (Å²) in [6.45, 7) is 1.28. The first-order valence-electron chi connectivity index (χ1n) is 10.8. The number of carbonyl (C=O) groups is 1. The molecule has 0 amide bonds. The highest BCUT2D eigenvalue weighted by Gasteiger charge is 2.34. The molecule has 0 radical (unpaired) electrons. The Labute approximate surface area is 176 Å². The van der Waals surface area contributed by atoms with Gasteiger partial charge in [-0.05, 0) is 6.42 Å². The van der Waals surface area contributed by atoms with E-state index in [1.54, 1.807) is 0 Å². The molecule has 0 fully saturated rings. The summed E-state index contributed by atoms with van der Waals surface area (Å²) >= 11 is 0. The van der Waals surface area contributed by atoms with Crippen LogP contribution in [0.5, 0.6) is 0 Å². The van der Waals surface area contributed by atoms with E-state index >= 15 is 0 Å². The van der Waals surface area contributed by atoms with Crippen LogP contribution in [0.2, 0.25) is 0 Å². The minimum Gasteiger partial charge on any atom is -0.394 e. The molecule has 0 spiro atoms. The highest BCUT2D eigenvalue weighted by atomic mass is 31.2. The number of unbranched alkanes of at least 4 members (excludes halogenated alkanes) is 8. The van der Waals surface area contributed by atoms with Crippen molar-refractivity contribution in [2.75, 3.05) is 40.9 Å². The van der Waals surface area contributed by atoms with Crippen molar-refractivity contribution in [2.45, 2.75) is 83.3 Å². The van der Waals surface area contributed by atoms with Crippen LogP contribution < -0.4 is 0 Å². The molecule has 0 aliphatic carbocycles. The van der Waals surface area contributed by atoms with Crippen molar-refractivity contribution < 1.29 is 38.0 Å². The van der Waals surface area contributed by atoms with Gasteiger partial charge in [-0.15, -0.1) is 0 Å². The van der Waals surface area contributed by atoms with Gasteiger partial charge in [-0.2, -0.15) is 0 Å². The Morgan fingerprint density at radius 2 is 1.52 bits per heavy atom. The second kappa shape index (κ2) is 15.5. The molecule has 0 saturated carbocycles. The number of aliphatic hydroxyl groups is 2. The molecule has 0 aromatic heterocycles. The minimum absolute atomic E-state index is 0.221. The van der Waals surface area contributed by atoms with Crippen molar-refractivity contribution >= 4 is 13.6 Å². The fourth-order valence-electron chi connectivity index (χ4n) is 2.89. The molecule has 0 rings (SSSR count). The Morgan fingerprint density at radius 3 is 2.00 bits per heavy atom. The summed E-state index contributed by atoms with van der Waals surface area (Å²) in [5.41, 5.74) is 0. The molecule has 0 aromatic rings. The molecule has 0 aromatic carbocycles. The number of phosphoric acid groups is 1. The average Bonchev–Trinajstić information content (AvgIpc) is 2.62. The number of likely N-dealkylation sites (N-methyl/N-ethyl adjacent to an activating group) is 1. The van der Waals surface area contributed by atoms with Crippen molar-refractivity contribution in [3.8, 4) is 0 Å². The molecule has 9 heteroatoms. The molecule has 0 heterocycles. The molecule has 29 heavy (non-hydrogen) atoms. The van der Waals surface area contributed by atoms with Gasteiger partial charge in [0.05, 0.1) is 34.4 Å². The Bertz CT molecular complexity index is 482. The Kier molecular flexibility index (Phi) is 15.3. The highest BCUT2D eigenvalue weighted by Crippen LogP contribution is 2.45. The van der Waals surface area contributed by atoms with E-state index in [4.69, 9.17) is 14.2 Å². The summed E-state index contributed by atoms with van der Waals surface area (Å²) in [5.74, 6) is -0.221. The second-order valence-corrected chi connectivity index (χ2v) is 10.1. The van der Waals surface area contributed by atoms with Crippen LogP contribution in [0, 0.1) is 0 Å². The zero-order chi connectivity index (χ0) is 22.3. The molecule has 0 saturated heterocycles. The van der Waals surface area contributed by atoms with E-state index < -0.39 is 33.2 Å². The number of hydrogen-bond acceptors (Lipinski definition) is 6. The first-order valence-corrected chi connectivity index (χ1v) is 12.3. The smallest absolute Gasteiger partial charge is 0.394 e. The van der Waals surface area contributed by atoms with E-state index in [1.165, 1.54) is 38.5 Å². The molecule has 3 unspecified atom stereocenters. The first-order chi connectivity index (χ1) is 13.5. The van der Waals surface area contributed by atoms with Gasteiger partial charge < -0.3 is 19.6 Å². The number of ketones is 1. The van der Waals surface area contributed by atoms with Gasteiger partial charge in [-0.1, -0.05) is 58.3 Å². The van der Waals surface area contributed by atoms with Crippen LogP contribution in [0.1, 0.15) is 71.1 Å². The SMILES string of the molecule is CCCCCCCCCCCC(=O)C(C[N+](C)(C)C)OP(=O)(O)OCC(O)CO. The van der Waals surface area contributed by atoms with Crippen LogP contribution in [0.15, 0.2) is 0 Å². The summed E-state index contributed by atoms with van der Waals surface area (Å²) in [7, 11) is 1.06. The maximum atomic E-state index is 12.6. The van der Waals surface area contributed by atoms with Crippen molar-refractivity contribution in [3.05, 3.63) is 0 Å². The van der Waals surface area contributed by atoms with Gasteiger partial charge in [0.1, 0.15) is 12.6 Å². The second-order valence-electron chi connectivity index (χ2n) is 8.71. The van der Waals surface area contributed by atoms with Crippen molar-refractivity contribution in [1.29, 1.82) is 0 Å². The minimum atomic E-state index is -4.52. The number of quaternary nitrogens is 1. The highest BCUT2D eigenvalue weighted by molar-refractivity contribution is 7.47. The summed E-state index contributed by atoms with van der Waals surface area (Å²) in [6.07, 6.45) is 8.19. The molecular formula is C20H43NO7P+. The van der Waals surface area contributed by atoms with Gasteiger partial charge in [0, 0.05) is 6.42 Å². The number of aliphatic hydroxyl groups excluding tert-OH is 2. The predicted octanol–water partition coefficient (Wildman–Crippen LogP) is 3.04. The van der Waals surface area contributed by atoms with Gasteiger partial charge in [0.2, 0.25) is 0 Å². The molecule has 3 atom stereocenters. The molecular weight excluding hydrogens is 397 g/mol.